The zero-order chi connectivity index (χ0) is 34.9. The quantitative estimate of drug-likeness (QED) is 0.108. The van der Waals surface area contributed by atoms with E-state index in [0.29, 0.717) is 5.75 Å². The molecule has 3 aromatic carbocycles. The first-order valence-corrected chi connectivity index (χ1v) is 15.9. The Hall–Kier alpha value is -4.92. The third-order valence-electron chi connectivity index (χ3n) is 7.14. The summed E-state index contributed by atoms with van der Waals surface area (Å²) in [5.74, 6) is 1.31. The number of nitrogens with one attached hydrogen (secondary N) is 2. The topological polar surface area (TPSA) is 141 Å². The highest BCUT2D eigenvalue weighted by atomic mass is 32.1. The Morgan fingerprint density at radius 1 is 1.02 bits per heavy atom. The number of alkyl carbamates (subject to hydrolysis) is 1. The number of H-pyrrole nitrogens is 1. The number of hydrogen-bond donors (Lipinski definition) is 5. The SMILES string of the molecule is C#CCC(NC(=O)OCC1c2ccccc2-c2ccccc21)C(=O)N(C)Cc1c[nH]c2ccc(OCC(=O)O)cc12.CC.CO.CS. The Balaban J connectivity index is 0.00000121. The highest BCUT2D eigenvalue weighted by molar-refractivity contribution is 7.79. The van der Waals surface area contributed by atoms with Crippen LogP contribution in [0.15, 0.2) is 72.9 Å². The van der Waals surface area contributed by atoms with E-state index >= 15 is 0 Å². The first kappa shape index (κ1) is 38.3. The zero-order valence-corrected chi connectivity index (χ0v) is 28.2. The number of likely N-dealkylation sites (N-methyl/N-ethyl adjacent to an activating group) is 1. The number of carbonyl (C=O) groups excluding carboxylic acids is 2. The Labute approximate surface area is 281 Å². The number of ether oxygens (including phenoxy) is 2. The van der Waals surface area contributed by atoms with Crippen LogP contribution in [0.25, 0.3) is 22.0 Å². The van der Waals surface area contributed by atoms with Crippen molar-refractivity contribution in [2.24, 2.45) is 0 Å². The summed E-state index contributed by atoms with van der Waals surface area (Å²) in [7, 11) is 2.62. The molecule has 2 amide bonds. The molecule has 1 atom stereocenters. The number of fused-ring (bicyclic) bond motifs is 4. The van der Waals surface area contributed by atoms with Gasteiger partial charge in [0.1, 0.15) is 18.4 Å². The number of aliphatic hydroxyl groups is 1. The fraction of sp³-hybridized carbons (Fsp3) is 0.306. The van der Waals surface area contributed by atoms with E-state index in [0.717, 1.165) is 45.8 Å². The van der Waals surface area contributed by atoms with Crippen LogP contribution in [0.1, 0.15) is 42.9 Å². The number of aromatic amines is 1. The van der Waals surface area contributed by atoms with Crippen LogP contribution in [0, 0.1) is 12.3 Å². The van der Waals surface area contributed by atoms with Gasteiger partial charge in [0.2, 0.25) is 5.91 Å². The van der Waals surface area contributed by atoms with Crippen LogP contribution < -0.4 is 10.1 Å². The molecule has 4 N–H and O–H groups in total. The van der Waals surface area contributed by atoms with E-state index in [1.54, 1.807) is 37.7 Å². The smallest absolute Gasteiger partial charge is 0.407 e. The lowest BCUT2D eigenvalue weighted by molar-refractivity contribution is -0.139. The van der Waals surface area contributed by atoms with Gasteiger partial charge in [-0.3, -0.25) is 4.79 Å². The van der Waals surface area contributed by atoms with Crippen molar-refractivity contribution in [2.45, 2.75) is 38.8 Å². The molecular weight excluding hydrogens is 618 g/mol. The van der Waals surface area contributed by atoms with Crippen LogP contribution in [0.5, 0.6) is 5.75 Å². The molecule has 0 bridgehead atoms. The van der Waals surface area contributed by atoms with E-state index in [9.17, 15) is 14.4 Å². The average molecular weight is 662 g/mol. The molecule has 11 heteroatoms. The molecule has 0 spiro atoms. The van der Waals surface area contributed by atoms with Crippen LogP contribution in [0.2, 0.25) is 0 Å². The summed E-state index contributed by atoms with van der Waals surface area (Å²) in [5.41, 5.74) is 6.02. The molecule has 1 aliphatic carbocycles. The highest BCUT2D eigenvalue weighted by Gasteiger charge is 2.30. The number of carboxylic acids is 1. The van der Waals surface area contributed by atoms with Crippen molar-refractivity contribution in [1.82, 2.24) is 15.2 Å². The Morgan fingerprint density at radius 3 is 2.19 bits per heavy atom. The fourth-order valence-corrected chi connectivity index (χ4v) is 5.22. The Morgan fingerprint density at radius 2 is 1.62 bits per heavy atom. The second-order valence-electron chi connectivity index (χ2n) is 9.83. The van der Waals surface area contributed by atoms with E-state index in [4.69, 9.17) is 26.1 Å². The molecule has 1 heterocycles. The molecule has 4 aromatic rings. The molecule has 47 heavy (non-hydrogen) atoms. The summed E-state index contributed by atoms with van der Waals surface area (Å²) in [4.78, 5) is 41.6. The maximum atomic E-state index is 13.3. The van der Waals surface area contributed by atoms with Crippen molar-refractivity contribution in [3.8, 4) is 29.2 Å². The van der Waals surface area contributed by atoms with Crippen LogP contribution in [0.4, 0.5) is 4.79 Å². The maximum Gasteiger partial charge on any atom is 0.407 e. The number of aliphatic carboxylic acids is 1. The van der Waals surface area contributed by atoms with Crippen molar-refractivity contribution in [1.29, 1.82) is 0 Å². The predicted octanol–water partition coefficient (Wildman–Crippen LogP) is 5.70. The molecule has 0 saturated carbocycles. The summed E-state index contributed by atoms with van der Waals surface area (Å²) in [6.45, 7) is 3.88. The number of thiol groups is 1. The van der Waals surface area contributed by atoms with Crippen LogP contribution in [0.3, 0.4) is 0 Å². The van der Waals surface area contributed by atoms with Gasteiger partial charge in [0.05, 0.1) is 0 Å². The molecule has 0 aliphatic heterocycles. The summed E-state index contributed by atoms with van der Waals surface area (Å²) in [5, 5.41) is 19.3. The molecule has 0 fully saturated rings. The summed E-state index contributed by atoms with van der Waals surface area (Å²) < 4.78 is 10.9. The monoisotopic (exact) mass is 661 g/mol. The molecule has 250 valence electrons. The summed E-state index contributed by atoms with van der Waals surface area (Å²) >= 11 is 3.53. The lowest BCUT2D eigenvalue weighted by atomic mass is 9.98. The number of amides is 2. The number of carbonyl (C=O) groups is 3. The van der Waals surface area contributed by atoms with Gasteiger partial charge in [-0.25, -0.2) is 9.59 Å². The van der Waals surface area contributed by atoms with Crippen molar-refractivity contribution < 1.29 is 34.1 Å². The molecule has 10 nitrogen and oxygen atoms in total. The van der Waals surface area contributed by atoms with E-state index in [1.165, 1.54) is 4.90 Å². The lowest BCUT2D eigenvalue weighted by Crippen LogP contribution is -2.47. The number of aliphatic hydroxyl groups excluding tert-OH is 1. The molecule has 0 radical (unpaired) electrons. The van der Waals surface area contributed by atoms with Crippen LogP contribution >= 0.6 is 12.6 Å². The minimum atomic E-state index is -1.08. The maximum absolute atomic E-state index is 13.3. The third-order valence-corrected chi connectivity index (χ3v) is 7.14. The second-order valence-corrected chi connectivity index (χ2v) is 9.83. The standard InChI is InChI=1S/C32H29N3O6.C2H6.CH4O.CH4S/c1-3-8-29(31(38)35(2)17-20-16-33-28-14-13-21(15-26(20)28)40-19-30(36)37)34-32(39)41-18-27-24-11-6-4-9-22(24)23-10-5-7-12-25(23)27;3*1-2/h1,4-7,9-16,27,29,33H,8,17-19H2,2H3,(H,34,39)(H,36,37);1-2H3;2*2H,1H3. The number of terminal acetylenes is 1. The van der Waals surface area contributed by atoms with Gasteiger partial charge in [-0.05, 0) is 52.3 Å². The largest absolute Gasteiger partial charge is 0.482 e. The normalized spacial score (nSPS) is 11.4. The van der Waals surface area contributed by atoms with Gasteiger partial charge in [-0.2, -0.15) is 12.6 Å². The van der Waals surface area contributed by atoms with Gasteiger partial charge < -0.3 is 34.9 Å². The lowest BCUT2D eigenvalue weighted by Gasteiger charge is -2.23. The molecule has 1 aliphatic rings. The van der Waals surface area contributed by atoms with Gasteiger partial charge in [-0.1, -0.05) is 62.4 Å². The van der Waals surface area contributed by atoms with Gasteiger partial charge in [0, 0.05) is 50.1 Å². The fourth-order valence-electron chi connectivity index (χ4n) is 5.22. The minimum Gasteiger partial charge on any atom is -0.482 e. The second kappa shape index (κ2) is 19.6. The van der Waals surface area contributed by atoms with E-state index in [1.807, 2.05) is 50.2 Å². The van der Waals surface area contributed by atoms with E-state index in [2.05, 4.69) is 41.0 Å². The first-order valence-electron chi connectivity index (χ1n) is 15.0. The minimum absolute atomic E-state index is 0.00553. The number of benzene rings is 3. The number of nitrogens with zero attached hydrogens (tertiary/aromatic N) is 1. The van der Waals surface area contributed by atoms with Crippen LogP contribution in [-0.4, -0.2) is 77.7 Å². The number of hydrogen-bond acceptors (Lipinski definition) is 7. The van der Waals surface area contributed by atoms with Gasteiger partial charge in [-0.15, -0.1) is 12.3 Å². The summed E-state index contributed by atoms with van der Waals surface area (Å²) in [6, 6.07) is 20.3. The van der Waals surface area contributed by atoms with Crippen molar-refractivity contribution in [3.05, 3.63) is 89.6 Å². The molecule has 5 rings (SSSR count). The first-order chi connectivity index (χ1) is 22.9. The van der Waals surface area contributed by atoms with E-state index in [-0.39, 0.29) is 31.4 Å². The van der Waals surface area contributed by atoms with Crippen molar-refractivity contribution in [3.63, 3.8) is 0 Å². The number of carboxylic acid groups (broad SMARTS) is 1. The Kier molecular flexibility index (Phi) is 15.9. The van der Waals surface area contributed by atoms with Gasteiger partial charge >= 0.3 is 12.1 Å². The van der Waals surface area contributed by atoms with Crippen LogP contribution in [-0.2, 0) is 20.9 Å². The summed E-state index contributed by atoms with van der Waals surface area (Å²) in [6.07, 6.45) is 8.26. The average Bonchev–Trinajstić information content (AvgIpc) is 3.66. The van der Waals surface area contributed by atoms with Gasteiger partial charge in [0.15, 0.2) is 6.61 Å². The predicted molar refractivity (Wildman–Crippen MR) is 188 cm³/mol. The highest BCUT2D eigenvalue weighted by Crippen LogP contribution is 2.44. The molecular formula is C36H43N3O7S. The van der Waals surface area contributed by atoms with E-state index < -0.39 is 24.7 Å². The number of aromatic nitrogens is 1. The molecule has 1 unspecified atom stereocenters. The van der Waals surface area contributed by atoms with Crippen molar-refractivity contribution in [2.75, 3.05) is 33.6 Å². The zero-order valence-electron chi connectivity index (χ0n) is 27.3. The number of rotatable bonds is 10. The Bertz CT molecular complexity index is 1620. The molecule has 1 aromatic heterocycles. The third kappa shape index (κ3) is 9.78. The molecule has 0 saturated heterocycles. The van der Waals surface area contributed by atoms with Crippen molar-refractivity contribution >= 4 is 41.5 Å². The van der Waals surface area contributed by atoms with Gasteiger partial charge in [0.25, 0.3) is 0 Å².